The lowest BCUT2D eigenvalue weighted by Gasteiger charge is -2.09. The van der Waals surface area contributed by atoms with E-state index in [1.165, 1.54) is 18.2 Å². The van der Waals surface area contributed by atoms with E-state index in [1.54, 1.807) is 31.2 Å². The van der Waals surface area contributed by atoms with E-state index in [9.17, 15) is 14.9 Å². The minimum absolute atomic E-state index is 0.0216. The molecule has 0 unspecified atom stereocenters. The van der Waals surface area contributed by atoms with Gasteiger partial charge in [-0.05, 0) is 25.1 Å². The van der Waals surface area contributed by atoms with Gasteiger partial charge in [0.25, 0.3) is 5.69 Å². The van der Waals surface area contributed by atoms with Crippen molar-refractivity contribution in [2.45, 2.75) is 13.5 Å². The van der Waals surface area contributed by atoms with Gasteiger partial charge < -0.3 is 9.84 Å². The van der Waals surface area contributed by atoms with Crippen LogP contribution >= 0.6 is 0 Å². The zero-order valence-corrected chi connectivity index (χ0v) is 11.3. The first-order valence-corrected chi connectivity index (χ1v) is 6.18. The first-order chi connectivity index (χ1) is 9.99. The molecule has 1 N–H and O–H groups in total. The maximum atomic E-state index is 11.1. The molecule has 0 aliphatic carbocycles. The summed E-state index contributed by atoms with van der Waals surface area (Å²) in [7, 11) is 0. The first kappa shape index (κ1) is 14.5. The summed E-state index contributed by atoms with van der Waals surface area (Å²) in [5, 5.41) is 19.8. The maximum absolute atomic E-state index is 11.1. The molecule has 0 atom stereocenters. The smallest absolute Gasteiger partial charge is 0.336 e. The number of nitro benzene ring substituents is 1. The predicted octanol–water partition coefficient (Wildman–Crippen LogP) is 3.18. The average Bonchev–Trinajstić information content (AvgIpc) is 2.45. The third-order valence-electron chi connectivity index (χ3n) is 3.01. The van der Waals surface area contributed by atoms with Gasteiger partial charge in [0.1, 0.15) is 12.4 Å². The van der Waals surface area contributed by atoms with Gasteiger partial charge in [0.05, 0.1) is 10.5 Å². The van der Waals surface area contributed by atoms with Crippen LogP contribution < -0.4 is 4.74 Å². The zero-order valence-electron chi connectivity index (χ0n) is 11.3. The third kappa shape index (κ3) is 3.36. The molecule has 2 aromatic carbocycles. The second-order valence-electron chi connectivity index (χ2n) is 4.46. The van der Waals surface area contributed by atoms with Crippen molar-refractivity contribution in [3.63, 3.8) is 0 Å². The summed E-state index contributed by atoms with van der Waals surface area (Å²) in [4.78, 5) is 21.3. The highest BCUT2D eigenvalue weighted by Gasteiger charge is 2.12. The molecular weight excluding hydrogens is 274 g/mol. The Bertz CT molecular complexity index is 696. The molecule has 21 heavy (non-hydrogen) atoms. The molecule has 0 aliphatic rings. The predicted molar refractivity (Wildman–Crippen MR) is 75.6 cm³/mol. The Balaban J connectivity index is 2.16. The molecular formula is C15H13NO5. The number of aromatic carboxylic acids is 1. The molecule has 0 saturated heterocycles. The lowest BCUT2D eigenvalue weighted by atomic mass is 10.1. The van der Waals surface area contributed by atoms with Crippen LogP contribution in [0.15, 0.2) is 42.5 Å². The standard InChI is InChI=1S/C15H13NO5/c1-10-8-12(6-7-14(10)16(19)20)21-9-11-4-2-3-5-13(11)15(17)18/h2-8H,9H2,1H3,(H,17,18). The van der Waals surface area contributed by atoms with Gasteiger partial charge in [0.15, 0.2) is 0 Å². The van der Waals surface area contributed by atoms with Gasteiger partial charge in [0.2, 0.25) is 0 Å². The number of benzene rings is 2. The quantitative estimate of drug-likeness (QED) is 0.673. The Morgan fingerprint density at radius 1 is 1.29 bits per heavy atom. The fraction of sp³-hybridized carbons (Fsp3) is 0.133. The third-order valence-corrected chi connectivity index (χ3v) is 3.01. The molecule has 0 amide bonds. The Labute approximate surface area is 120 Å². The molecule has 6 nitrogen and oxygen atoms in total. The molecule has 0 fully saturated rings. The number of aryl methyl sites for hydroxylation is 1. The summed E-state index contributed by atoms with van der Waals surface area (Å²) in [6.07, 6.45) is 0. The second-order valence-corrected chi connectivity index (χ2v) is 4.46. The summed E-state index contributed by atoms with van der Waals surface area (Å²) in [6, 6.07) is 11.0. The molecule has 2 aromatic rings. The van der Waals surface area contributed by atoms with Crippen LogP contribution in [-0.4, -0.2) is 16.0 Å². The zero-order chi connectivity index (χ0) is 15.4. The number of ether oxygens (including phenoxy) is 1. The highest BCUT2D eigenvalue weighted by molar-refractivity contribution is 5.89. The van der Waals surface area contributed by atoms with Crippen molar-refractivity contribution in [3.8, 4) is 5.75 Å². The van der Waals surface area contributed by atoms with Gasteiger partial charge in [0, 0.05) is 17.2 Å². The van der Waals surface area contributed by atoms with Crippen LogP contribution in [0.3, 0.4) is 0 Å². The van der Waals surface area contributed by atoms with Crippen LogP contribution in [0.4, 0.5) is 5.69 Å². The summed E-state index contributed by atoms with van der Waals surface area (Å²) >= 11 is 0. The molecule has 0 aromatic heterocycles. The molecule has 0 saturated carbocycles. The van der Waals surface area contributed by atoms with Crippen molar-refractivity contribution in [2.24, 2.45) is 0 Å². The van der Waals surface area contributed by atoms with Gasteiger partial charge in [-0.2, -0.15) is 0 Å². The van der Waals surface area contributed by atoms with Gasteiger partial charge in [-0.3, -0.25) is 10.1 Å². The number of hydrogen-bond acceptors (Lipinski definition) is 4. The van der Waals surface area contributed by atoms with E-state index in [-0.39, 0.29) is 17.9 Å². The normalized spacial score (nSPS) is 10.1. The number of hydrogen-bond donors (Lipinski definition) is 1. The Morgan fingerprint density at radius 2 is 2.00 bits per heavy atom. The van der Waals surface area contributed by atoms with Crippen molar-refractivity contribution in [1.29, 1.82) is 0 Å². The number of carbonyl (C=O) groups is 1. The van der Waals surface area contributed by atoms with E-state index in [4.69, 9.17) is 9.84 Å². The lowest BCUT2D eigenvalue weighted by molar-refractivity contribution is -0.385. The highest BCUT2D eigenvalue weighted by Crippen LogP contribution is 2.24. The van der Waals surface area contributed by atoms with Gasteiger partial charge in [-0.25, -0.2) is 4.79 Å². The number of rotatable bonds is 5. The van der Waals surface area contributed by atoms with Crippen molar-refractivity contribution < 1.29 is 19.6 Å². The highest BCUT2D eigenvalue weighted by atomic mass is 16.6. The fourth-order valence-electron chi connectivity index (χ4n) is 1.94. The molecule has 0 spiro atoms. The van der Waals surface area contributed by atoms with Crippen LogP contribution in [0, 0.1) is 17.0 Å². The van der Waals surface area contributed by atoms with E-state index >= 15 is 0 Å². The minimum Gasteiger partial charge on any atom is -0.489 e. The van der Waals surface area contributed by atoms with Gasteiger partial charge in [-0.1, -0.05) is 18.2 Å². The summed E-state index contributed by atoms with van der Waals surface area (Å²) in [5.74, 6) is -0.563. The average molecular weight is 287 g/mol. The molecule has 0 radical (unpaired) electrons. The molecule has 0 bridgehead atoms. The number of carboxylic acid groups (broad SMARTS) is 1. The molecule has 0 aliphatic heterocycles. The second kappa shape index (κ2) is 6.04. The van der Waals surface area contributed by atoms with E-state index in [0.29, 0.717) is 16.9 Å². The maximum Gasteiger partial charge on any atom is 0.336 e. The Hall–Kier alpha value is -2.89. The van der Waals surface area contributed by atoms with Crippen molar-refractivity contribution in [2.75, 3.05) is 0 Å². The monoisotopic (exact) mass is 287 g/mol. The number of carboxylic acids is 1. The van der Waals surface area contributed by atoms with Gasteiger partial charge >= 0.3 is 5.97 Å². The Kier molecular flexibility index (Phi) is 4.18. The van der Waals surface area contributed by atoms with Crippen molar-refractivity contribution in [3.05, 3.63) is 69.3 Å². The molecule has 0 heterocycles. The lowest BCUT2D eigenvalue weighted by Crippen LogP contribution is -2.05. The first-order valence-electron chi connectivity index (χ1n) is 6.18. The topological polar surface area (TPSA) is 89.7 Å². The fourth-order valence-corrected chi connectivity index (χ4v) is 1.94. The molecule has 108 valence electrons. The minimum atomic E-state index is -1.02. The van der Waals surface area contributed by atoms with E-state index in [1.807, 2.05) is 0 Å². The van der Waals surface area contributed by atoms with E-state index < -0.39 is 10.9 Å². The Morgan fingerprint density at radius 3 is 2.62 bits per heavy atom. The number of nitrogens with zero attached hydrogens (tertiary/aromatic N) is 1. The van der Waals surface area contributed by atoms with Crippen LogP contribution in [0.2, 0.25) is 0 Å². The summed E-state index contributed by atoms with van der Waals surface area (Å²) < 4.78 is 5.51. The summed E-state index contributed by atoms with van der Waals surface area (Å²) in [5.41, 5.74) is 1.23. The SMILES string of the molecule is Cc1cc(OCc2ccccc2C(=O)O)ccc1[N+](=O)[O-]. The van der Waals surface area contributed by atoms with E-state index in [0.717, 1.165) is 0 Å². The van der Waals surface area contributed by atoms with Crippen LogP contribution in [0.1, 0.15) is 21.5 Å². The molecule has 2 rings (SSSR count). The summed E-state index contributed by atoms with van der Waals surface area (Å²) in [6.45, 7) is 1.70. The number of nitro groups is 1. The van der Waals surface area contributed by atoms with Crippen LogP contribution in [-0.2, 0) is 6.61 Å². The van der Waals surface area contributed by atoms with Gasteiger partial charge in [-0.15, -0.1) is 0 Å². The van der Waals surface area contributed by atoms with Crippen molar-refractivity contribution in [1.82, 2.24) is 0 Å². The van der Waals surface area contributed by atoms with Crippen LogP contribution in [0.5, 0.6) is 5.75 Å². The van der Waals surface area contributed by atoms with E-state index in [2.05, 4.69) is 0 Å². The van der Waals surface area contributed by atoms with Crippen molar-refractivity contribution >= 4 is 11.7 Å². The molecule has 6 heteroatoms. The van der Waals surface area contributed by atoms with Crippen LogP contribution in [0.25, 0.3) is 0 Å². The largest absolute Gasteiger partial charge is 0.489 e.